The molecule has 0 radical (unpaired) electrons. The number of anilines is 1. The lowest BCUT2D eigenvalue weighted by Crippen LogP contribution is -2.29. The van der Waals surface area contributed by atoms with E-state index in [-0.39, 0.29) is 11.7 Å². The molecule has 1 amide bonds. The Balaban J connectivity index is 1.47. The van der Waals surface area contributed by atoms with Crippen LogP contribution >= 0.6 is 0 Å². The summed E-state index contributed by atoms with van der Waals surface area (Å²) in [5, 5.41) is 13.2. The van der Waals surface area contributed by atoms with Crippen molar-refractivity contribution in [2.75, 3.05) is 45.8 Å². The summed E-state index contributed by atoms with van der Waals surface area (Å²) >= 11 is 0. The highest BCUT2D eigenvalue weighted by atomic mass is 16.5. The molecule has 0 aliphatic carbocycles. The second-order valence-electron chi connectivity index (χ2n) is 8.57. The fourth-order valence-corrected chi connectivity index (χ4v) is 4.47. The van der Waals surface area contributed by atoms with Crippen molar-refractivity contribution in [2.24, 2.45) is 0 Å². The zero-order chi connectivity index (χ0) is 23.1. The number of ether oxygens (including phenoxy) is 2. The van der Waals surface area contributed by atoms with Crippen LogP contribution in [0.25, 0.3) is 21.7 Å². The van der Waals surface area contributed by atoms with Gasteiger partial charge in [0.05, 0.1) is 12.8 Å². The van der Waals surface area contributed by atoms with Gasteiger partial charge in [-0.25, -0.2) is 0 Å². The number of carbonyl (C=O) groups is 1. The Kier molecular flexibility index (Phi) is 5.34. The van der Waals surface area contributed by atoms with Gasteiger partial charge in [0.25, 0.3) is 5.91 Å². The summed E-state index contributed by atoms with van der Waals surface area (Å²) in [7, 11) is 5.59. The first-order valence-electron chi connectivity index (χ1n) is 11.0. The lowest BCUT2D eigenvalue weighted by molar-refractivity contribution is 0.0985. The van der Waals surface area contributed by atoms with Gasteiger partial charge >= 0.3 is 0 Å². The Hall–Kier alpha value is -3.71. The van der Waals surface area contributed by atoms with Gasteiger partial charge in [-0.1, -0.05) is 24.3 Å². The maximum absolute atomic E-state index is 13.5. The van der Waals surface area contributed by atoms with Gasteiger partial charge in [0.1, 0.15) is 18.1 Å². The first-order chi connectivity index (χ1) is 16.0. The number of amides is 1. The summed E-state index contributed by atoms with van der Waals surface area (Å²) in [6, 6.07) is 15.1. The number of hydrogen-bond donors (Lipinski definition) is 2. The molecule has 0 unspecified atom stereocenters. The van der Waals surface area contributed by atoms with Gasteiger partial charge in [-0.05, 0) is 43.6 Å². The molecule has 170 valence electrons. The summed E-state index contributed by atoms with van der Waals surface area (Å²) in [5.74, 6) is 1.32. The van der Waals surface area contributed by atoms with E-state index in [0.717, 1.165) is 45.9 Å². The Morgan fingerprint density at radius 2 is 1.91 bits per heavy atom. The molecule has 0 atom stereocenters. The molecule has 1 aliphatic heterocycles. The lowest BCUT2D eigenvalue weighted by Gasteiger charge is -2.17. The van der Waals surface area contributed by atoms with Crippen molar-refractivity contribution >= 4 is 33.3 Å². The summed E-state index contributed by atoms with van der Waals surface area (Å²) in [6.45, 7) is 1.89. The van der Waals surface area contributed by atoms with Crippen molar-refractivity contribution in [3.63, 3.8) is 0 Å². The van der Waals surface area contributed by atoms with Gasteiger partial charge in [0.15, 0.2) is 11.5 Å². The van der Waals surface area contributed by atoms with E-state index < -0.39 is 0 Å². The van der Waals surface area contributed by atoms with Crippen LogP contribution in [-0.4, -0.2) is 61.8 Å². The molecule has 0 fully saturated rings. The average Bonchev–Trinajstić information content (AvgIpc) is 3.42. The van der Waals surface area contributed by atoms with E-state index in [1.165, 1.54) is 0 Å². The zero-order valence-corrected chi connectivity index (χ0v) is 19.0. The Morgan fingerprint density at radius 1 is 1.12 bits per heavy atom. The smallest absolute Gasteiger partial charge is 0.274 e. The van der Waals surface area contributed by atoms with E-state index in [4.69, 9.17) is 9.47 Å². The molecule has 7 nitrogen and oxygen atoms in total. The first kappa shape index (κ1) is 21.2. The van der Waals surface area contributed by atoms with Crippen molar-refractivity contribution in [1.82, 2.24) is 9.88 Å². The number of nitrogens with zero attached hydrogens (tertiary/aromatic N) is 2. The number of benzene rings is 3. The molecular weight excluding hydrogens is 418 g/mol. The van der Waals surface area contributed by atoms with Crippen LogP contribution in [0.4, 0.5) is 5.69 Å². The second-order valence-corrected chi connectivity index (χ2v) is 8.57. The summed E-state index contributed by atoms with van der Waals surface area (Å²) in [4.78, 5) is 20.5. The third kappa shape index (κ3) is 3.74. The van der Waals surface area contributed by atoms with Gasteiger partial charge in [-0.15, -0.1) is 0 Å². The molecule has 0 saturated heterocycles. The number of rotatable bonds is 6. The van der Waals surface area contributed by atoms with Crippen LogP contribution < -0.4 is 14.4 Å². The van der Waals surface area contributed by atoms with Gasteiger partial charge in [-0.3, -0.25) is 4.79 Å². The van der Waals surface area contributed by atoms with Gasteiger partial charge in [-0.2, -0.15) is 0 Å². The number of likely N-dealkylation sites (N-methyl/N-ethyl adjacent to an activating group) is 1. The molecule has 0 saturated carbocycles. The molecule has 5 rings (SSSR count). The summed E-state index contributed by atoms with van der Waals surface area (Å²) in [6.07, 6.45) is 0.750. The molecule has 1 aromatic heterocycles. The third-order valence-corrected chi connectivity index (χ3v) is 6.16. The number of carbonyl (C=O) groups excluding carboxylic acids is 1. The van der Waals surface area contributed by atoms with Gasteiger partial charge in [0.2, 0.25) is 0 Å². The number of aromatic hydroxyl groups is 1. The summed E-state index contributed by atoms with van der Waals surface area (Å²) < 4.78 is 11.4. The number of aromatic amines is 1. The van der Waals surface area contributed by atoms with Crippen LogP contribution in [0.2, 0.25) is 0 Å². The fraction of sp³-hybridized carbons (Fsp3) is 0.269. The highest BCUT2D eigenvalue weighted by molar-refractivity contribution is 6.11. The quantitative estimate of drug-likeness (QED) is 0.466. The highest BCUT2D eigenvalue weighted by Crippen LogP contribution is 2.40. The van der Waals surface area contributed by atoms with E-state index in [2.05, 4.69) is 4.98 Å². The number of phenolic OH excluding ortho intramolecular Hbond substituents is 1. The van der Waals surface area contributed by atoms with Gasteiger partial charge in [0, 0.05) is 41.5 Å². The average molecular weight is 446 g/mol. The number of phenols is 1. The third-order valence-electron chi connectivity index (χ3n) is 6.16. The largest absolute Gasteiger partial charge is 0.507 e. The van der Waals surface area contributed by atoms with Crippen molar-refractivity contribution in [3.05, 3.63) is 59.8 Å². The minimum Gasteiger partial charge on any atom is -0.507 e. The number of nitrogens with one attached hydrogen (secondary N) is 1. The van der Waals surface area contributed by atoms with Crippen molar-refractivity contribution in [3.8, 4) is 17.2 Å². The number of fused-ring (bicyclic) bond motifs is 4. The number of H-pyrrole nitrogens is 1. The number of methoxy groups -OCH3 is 1. The molecule has 4 aromatic rings. The molecule has 0 spiro atoms. The topological polar surface area (TPSA) is 78.0 Å². The molecular formula is C26H27N3O4. The Labute approximate surface area is 192 Å². The van der Waals surface area contributed by atoms with E-state index >= 15 is 0 Å². The number of aromatic nitrogens is 1. The standard InChI is InChI=1S/C26H27N3O4/c1-28(2)10-11-33-25-13-16-12-21(27-20(16)14-24(25)32-3)26(31)29-9-8-18-17-6-4-5-7-19(17)23(30)15-22(18)29/h4-7,12-15,27,30H,8-11H2,1-3H3. The molecule has 3 aromatic carbocycles. The minimum atomic E-state index is -0.131. The molecule has 1 aliphatic rings. The van der Waals surface area contributed by atoms with Gasteiger partial charge < -0.3 is 29.4 Å². The van der Waals surface area contributed by atoms with E-state index in [0.29, 0.717) is 30.3 Å². The minimum absolute atomic E-state index is 0.131. The summed E-state index contributed by atoms with van der Waals surface area (Å²) in [5.41, 5.74) is 3.14. The van der Waals surface area contributed by atoms with Crippen LogP contribution in [0.5, 0.6) is 17.2 Å². The SMILES string of the molecule is COc1cc2[nH]c(C(=O)N3CCc4c3cc(O)c3ccccc43)cc2cc1OCCN(C)C. The van der Waals surface area contributed by atoms with Crippen molar-refractivity contribution < 1.29 is 19.4 Å². The highest BCUT2D eigenvalue weighted by Gasteiger charge is 2.29. The maximum atomic E-state index is 13.5. The maximum Gasteiger partial charge on any atom is 0.274 e. The normalized spacial score (nSPS) is 13.2. The predicted molar refractivity (Wildman–Crippen MR) is 130 cm³/mol. The van der Waals surface area contributed by atoms with Crippen LogP contribution in [-0.2, 0) is 6.42 Å². The second kappa shape index (κ2) is 8.33. The fourth-order valence-electron chi connectivity index (χ4n) is 4.47. The molecule has 33 heavy (non-hydrogen) atoms. The first-order valence-corrected chi connectivity index (χ1v) is 11.0. The van der Waals surface area contributed by atoms with Crippen LogP contribution in [0.1, 0.15) is 16.1 Å². The van der Waals surface area contributed by atoms with E-state index in [1.807, 2.05) is 61.5 Å². The Bertz CT molecular complexity index is 1360. The van der Waals surface area contributed by atoms with Crippen molar-refractivity contribution in [1.29, 1.82) is 0 Å². The van der Waals surface area contributed by atoms with E-state index in [1.54, 1.807) is 18.1 Å². The zero-order valence-electron chi connectivity index (χ0n) is 19.0. The molecule has 7 heteroatoms. The van der Waals surface area contributed by atoms with Crippen LogP contribution in [0.15, 0.2) is 48.5 Å². The molecule has 2 N–H and O–H groups in total. The van der Waals surface area contributed by atoms with Crippen LogP contribution in [0.3, 0.4) is 0 Å². The molecule has 0 bridgehead atoms. The lowest BCUT2D eigenvalue weighted by atomic mass is 10.0. The number of hydrogen-bond acceptors (Lipinski definition) is 5. The van der Waals surface area contributed by atoms with E-state index in [9.17, 15) is 9.90 Å². The monoisotopic (exact) mass is 445 g/mol. The predicted octanol–water partition coefficient (Wildman–Crippen LogP) is 4.18. The Morgan fingerprint density at radius 3 is 2.67 bits per heavy atom. The molecule has 2 heterocycles. The van der Waals surface area contributed by atoms with Crippen molar-refractivity contribution in [2.45, 2.75) is 6.42 Å². The van der Waals surface area contributed by atoms with Crippen LogP contribution in [0, 0.1) is 0 Å².